The first kappa shape index (κ1) is 26.8. The summed E-state index contributed by atoms with van der Waals surface area (Å²) in [5, 5.41) is 7.15. The molecule has 11 heteroatoms. The fraction of sp³-hybridized carbons (Fsp3) is 0.417. The van der Waals surface area contributed by atoms with E-state index in [9.17, 15) is 18.0 Å². The van der Waals surface area contributed by atoms with Crippen molar-refractivity contribution in [3.05, 3.63) is 48.0 Å². The highest BCUT2D eigenvalue weighted by Crippen LogP contribution is 2.29. The minimum absolute atomic E-state index is 0.0178. The standard InChI is InChI=1S/C24H31N3O6S2/c1-24(2,3)15-6-9-17(10-7-15)35(30,31)20-13-25-23(27-22(20)29)34-14-21(28)26-18-12-16(32-4)8-11-19(18)33-5/h6-12,20,23,25H,13-14H2,1-5H3,(H,26,28)(H,27,29). The number of anilines is 1. The number of ether oxygens (including phenoxy) is 2. The predicted molar refractivity (Wildman–Crippen MR) is 137 cm³/mol. The van der Waals surface area contributed by atoms with E-state index in [-0.39, 0.29) is 28.5 Å². The Morgan fingerprint density at radius 3 is 2.37 bits per heavy atom. The Bertz CT molecular complexity index is 1180. The molecule has 2 amide bonds. The molecule has 1 saturated heterocycles. The lowest BCUT2D eigenvalue weighted by atomic mass is 9.87. The van der Waals surface area contributed by atoms with Gasteiger partial charge in [-0.1, -0.05) is 32.9 Å². The molecule has 0 radical (unpaired) electrons. The first-order valence-corrected chi connectivity index (χ1v) is 13.6. The van der Waals surface area contributed by atoms with E-state index in [1.165, 1.54) is 14.2 Å². The zero-order valence-electron chi connectivity index (χ0n) is 20.4. The summed E-state index contributed by atoms with van der Waals surface area (Å²) in [4.78, 5) is 25.2. The van der Waals surface area contributed by atoms with E-state index in [2.05, 4.69) is 16.0 Å². The monoisotopic (exact) mass is 521 g/mol. The molecule has 1 aliphatic rings. The molecule has 2 aromatic rings. The molecule has 1 aliphatic heterocycles. The molecule has 1 heterocycles. The first-order chi connectivity index (χ1) is 16.5. The minimum Gasteiger partial charge on any atom is -0.497 e. The predicted octanol–water partition coefficient (Wildman–Crippen LogP) is 2.52. The van der Waals surface area contributed by atoms with E-state index < -0.39 is 26.5 Å². The highest BCUT2D eigenvalue weighted by molar-refractivity contribution is 8.00. The van der Waals surface area contributed by atoms with Crippen LogP contribution in [0.3, 0.4) is 0 Å². The zero-order chi connectivity index (χ0) is 25.8. The van der Waals surface area contributed by atoms with Crippen molar-refractivity contribution in [3.8, 4) is 11.5 Å². The van der Waals surface area contributed by atoms with E-state index in [1.807, 2.05) is 20.8 Å². The number of carbonyl (C=O) groups excluding carboxylic acids is 2. The first-order valence-electron chi connectivity index (χ1n) is 11.0. The number of thioether (sulfide) groups is 1. The van der Waals surface area contributed by atoms with Crippen LogP contribution in [-0.4, -0.2) is 57.5 Å². The number of carbonyl (C=O) groups is 2. The molecular weight excluding hydrogens is 490 g/mol. The van der Waals surface area contributed by atoms with Crippen LogP contribution >= 0.6 is 11.8 Å². The second-order valence-electron chi connectivity index (χ2n) is 9.03. The number of rotatable bonds is 8. The molecule has 1 fully saturated rings. The van der Waals surface area contributed by atoms with Crippen LogP contribution in [0.2, 0.25) is 0 Å². The zero-order valence-corrected chi connectivity index (χ0v) is 22.0. The number of sulfone groups is 1. The Morgan fingerprint density at radius 2 is 1.80 bits per heavy atom. The van der Waals surface area contributed by atoms with Crippen molar-refractivity contribution in [2.75, 3.05) is 31.8 Å². The molecule has 2 aromatic carbocycles. The maximum atomic E-state index is 13.1. The molecule has 9 nitrogen and oxygen atoms in total. The number of methoxy groups -OCH3 is 2. The van der Waals surface area contributed by atoms with Crippen molar-refractivity contribution in [2.24, 2.45) is 0 Å². The van der Waals surface area contributed by atoms with Gasteiger partial charge in [0.2, 0.25) is 11.8 Å². The van der Waals surface area contributed by atoms with Crippen LogP contribution in [-0.2, 0) is 24.8 Å². The molecule has 0 aliphatic carbocycles. The maximum Gasteiger partial charge on any atom is 0.241 e. The summed E-state index contributed by atoms with van der Waals surface area (Å²) < 4.78 is 36.5. The summed E-state index contributed by atoms with van der Waals surface area (Å²) in [6.07, 6.45) is 0. The molecule has 2 atom stereocenters. The Morgan fingerprint density at radius 1 is 1.11 bits per heavy atom. The average molecular weight is 522 g/mol. The van der Waals surface area contributed by atoms with Gasteiger partial charge in [-0.2, -0.15) is 0 Å². The van der Waals surface area contributed by atoms with Gasteiger partial charge in [0, 0.05) is 12.6 Å². The molecule has 190 valence electrons. The third-order valence-electron chi connectivity index (χ3n) is 5.54. The van der Waals surface area contributed by atoms with E-state index in [0.29, 0.717) is 17.2 Å². The quantitative estimate of drug-likeness (QED) is 0.484. The Hall–Kier alpha value is -2.76. The number of benzene rings is 2. The molecule has 0 saturated carbocycles. The van der Waals surface area contributed by atoms with Crippen LogP contribution in [0, 0.1) is 0 Å². The fourth-order valence-electron chi connectivity index (χ4n) is 3.50. The van der Waals surface area contributed by atoms with Crippen molar-refractivity contribution in [1.29, 1.82) is 0 Å². The summed E-state index contributed by atoms with van der Waals surface area (Å²) in [6.45, 7) is 6.07. The van der Waals surface area contributed by atoms with Crippen LogP contribution in [0.4, 0.5) is 5.69 Å². The van der Waals surface area contributed by atoms with Gasteiger partial charge >= 0.3 is 0 Å². The van der Waals surface area contributed by atoms with Crippen LogP contribution in [0.5, 0.6) is 11.5 Å². The Kier molecular flexibility index (Phi) is 8.34. The van der Waals surface area contributed by atoms with Gasteiger partial charge in [-0.15, -0.1) is 11.8 Å². The molecular formula is C24H31N3O6S2. The van der Waals surface area contributed by atoms with E-state index in [1.54, 1.807) is 42.5 Å². The summed E-state index contributed by atoms with van der Waals surface area (Å²) >= 11 is 1.14. The van der Waals surface area contributed by atoms with Crippen molar-refractivity contribution in [2.45, 2.75) is 41.8 Å². The molecule has 3 rings (SSSR count). The number of hydrogen-bond donors (Lipinski definition) is 3. The molecule has 2 unspecified atom stereocenters. The van der Waals surface area contributed by atoms with Gasteiger partial charge in [-0.05, 0) is 35.2 Å². The highest BCUT2D eigenvalue weighted by Gasteiger charge is 2.38. The van der Waals surface area contributed by atoms with Gasteiger partial charge in [-0.3, -0.25) is 14.9 Å². The summed E-state index contributed by atoms with van der Waals surface area (Å²) in [6, 6.07) is 11.7. The number of amides is 2. The number of hydrogen-bond acceptors (Lipinski definition) is 8. The van der Waals surface area contributed by atoms with Gasteiger partial charge in [0.05, 0.1) is 30.6 Å². The van der Waals surface area contributed by atoms with E-state index >= 15 is 0 Å². The van der Waals surface area contributed by atoms with E-state index in [4.69, 9.17) is 9.47 Å². The lowest BCUT2D eigenvalue weighted by molar-refractivity contribution is -0.122. The van der Waals surface area contributed by atoms with Crippen LogP contribution in [0.15, 0.2) is 47.4 Å². The topological polar surface area (TPSA) is 123 Å². The lowest BCUT2D eigenvalue weighted by Crippen LogP contribution is -2.59. The van der Waals surface area contributed by atoms with Gasteiger partial charge in [0.15, 0.2) is 15.1 Å². The number of nitrogens with one attached hydrogen (secondary N) is 3. The SMILES string of the molecule is COc1ccc(OC)c(NC(=O)CSC2NCC(S(=O)(=O)c3ccc(C(C)(C)C)cc3)C(=O)N2)c1. The van der Waals surface area contributed by atoms with Crippen LogP contribution < -0.4 is 25.4 Å². The Balaban J connectivity index is 1.57. The summed E-state index contributed by atoms with van der Waals surface area (Å²) in [5.41, 5.74) is 0.751. The van der Waals surface area contributed by atoms with Gasteiger partial charge in [-0.25, -0.2) is 8.42 Å². The van der Waals surface area contributed by atoms with Crippen molar-refractivity contribution in [1.82, 2.24) is 10.6 Å². The second-order valence-corrected chi connectivity index (χ2v) is 12.3. The van der Waals surface area contributed by atoms with Crippen LogP contribution in [0.1, 0.15) is 26.3 Å². The van der Waals surface area contributed by atoms with Crippen molar-refractivity contribution < 1.29 is 27.5 Å². The highest BCUT2D eigenvalue weighted by atomic mass is 32.2. The minimum atomic E-state index is -3.87. The normalized spacial score (nSPS) is 18.5. The average Bonchev–Trinajstić information content (AvgIpc) is 2.82. The molecule has 3 N–H and O–H groups in total. The van der Waals surface area contributed by atoms with Crippen LogP contribution in [0.25, 0.3) is 0 Å². The van der Waals surface area contributed by atoms with Gasteiger partial charge in [0.25, 0.3) is 0 Å². The molecule has 0 bridgehead atoms. The Labute approximate surface area is 210 Å². The molecule has 0 spiro atoms. The lowest BCUT2D eigenvalue weighted by Gasteiger charge is -2.29. The fourth-order valence-corrected chi connectivity index (χ4v) is 5.81. The second kappa shape index (κ2) is 10.9. The summed E-state index contributed by atoms with van der Waals surface area (Å²) in [7, 11) is -0.852. The van der Waals surface area contributed by atoms with Crippen molar-refractivity contribution >= 4 is 39.1 Å². The summed E-state index contributed by atoms with van der Waals surface area (Å²) in [5.74, 6) is 0.152. The van der Waals surface area contributed by atoms with Gasteiger partial charge < -0.3 is 20.1 Å². The van der Waals surface area contributed by atoms with Gasteiger partial charge in [0.1, 0.15) is 17.0 Å². The maximum absolute atomic E-state index is 13.1. The third kappa shape index (κ3) is 6.47. The molecule has 35 heavy (non-hydrogen) atoms. The largest absolute Gasteiger partial charge is 0.497 e. The molecule has 0 aromatic heterocycles. The van der Waals surface area contributed by atoms with Crippen molar-refractivity contribution in [3.63, 3.8) is 0 Å². The third-order valence-corrected chi connectivity index (χ3v) is 8.65. The smallest absolute Gasteiger partial charge is 0.241 e. The van der Waals surface area contributed by atoms with E-state index in [0.717, 1.165) is 17.3 Å².